The Kier molecular flexibility index (Phi) is 6.24. The number of aliphatic carboxylic acids is 1. The molecule has 3 heterocycles. The lowest BCUT2D eigenvalue weighted by Crippen LogP contribution is -2.46. The summed E-state index contributed by atoms with van der Waals surface area (Å²) in [4.78, 5) is 19.2. The lowest BCUT2D eigenvalue weighted by atomic mass is 10.1. The van der Waals surface area contributed by atoms with Crippen LogP contribution in [0.3, 0.4) is 0 Å². The molecule has 2 N–H and O–H groups in total. The van der Waals surface area contributed by atoms with Gasteiger partial charge in [-0.15, -0.1) is 0 Å². The molecule has 34 heavy (non-hydrogen) atoms. The van der Waals surface area contributed by atoms with Gasteiger partial charge in [-0.25, -0.2) is 0 Å². The minimum absolute atomic E-state index is 0.0934. The highest BCUT2D eigenvalue weighted by atomic mass is 16.4. The Morgan fingerprint density at radius 1 is 1.09 bits per heavy atom. The molecule has 2 aromatic heterocycles. The maximum absolute atomic E-state index is 10.9. The quantitative estimate of drug-likeness (QED) is 0.378. The number of anilines is 1. The fourth-order valence-electron chi connectivity index (χ4n) is 4.85. The van der Waals surface area contributed by atoms with E-state index >= 15 is 0 Å². The molecule has 0 unspecified atom stereocenters. The van der Waals surface area contributed by atoms with Crippen LogP contribution in [-0.2, 0) is 17.6 Å². The van der Waals surface area contributed by atoms with Crippen molar-refractivity contribution in [3.63, 3.8) is 0 Å². The minimum Gasteiger partial charge on any atom is -0.481 e. The zero-order chi connectivity index (χ0) is 23.5. The molecule has 174 valence electrons. The van der Waals surface area contributed by atoms with Gasteiger partial charge in [-0.05, 0) is 73.8 Å². The summed E-state index contributed by atoms with van der Waals surface area (Å²) in [5, 5.41) is 20.3. The van der Waals surface area contributed by atoms with E-state index in [-0.39, 0.29) is 6.42 Å². The van der Waals surface area contributed by atoms with Gasteiger partial charge < -0.3 is 19.4 Å². The lowest BCUT2D eigenvalue weighted by molar-refractivity contribution is -0.136. The van der Waals surface area contributed by atoms with E-state index in [2.05, 4.69) is 39.2 Å². The van der Waals surface area contributed by atoms with E-state index in [0.717, 1.165) is 79.5 Å². The molecule has 5 rings (SSSR count). The minimum atomic E-state index is -0.884. The zero-order valence-corrected chi connectivity index (χ0v) is 19.1. The van der Waals surface area contributed by atoms with E-state index in [9.17, 15) is 4.79 Å². The van der Waals surface area contributed by atoms with Gasteiger partial charge in [-0.2, -0.15) is 5.26 Å². The van der Waals surface area contributed by atoms with Gasteiger partial charge in [0.2, 0.25) is 0 Å². The van der Waals surface area contributed by atoms with Crippen molar-refractivity contribution in [1.82, 2.24) is 9.88 Å². The first-order chi connectivity index (χ1) is 16.6. The highest BCUT2D eigenvalue weighted by Gasteiger charge is 2.18. The number of nitrogens with zero attached hydrogens (tertiary/aromatic N) is 3. The van der Waals surface area contributed by atoms with Gasteiger partial charge in [0.25, 0.3) is 0 Å². The Morgan fingerprint density at radius 2 is 1.94 bits per heavy atom. The fourth-order valence-corrected chi connectivity index (χ4v) is 4.85. The Balaban J connectivity index is 1.10. The number of nitriles is 1. The Hall–Kier alpha value is -3.76. The normalized spacial score (nSPS) is 14.6. The molecule has 0 spiro atoms. The molecule has 7 nitrogen and oxygen atoms in total. The number of carbonyl (C=O) groups is 1. The molecule has 2 aromatic carbocycles. The van der Waals surface area contributed by atoms with E-state index in [4.69, 9.17) is 14.8 Å². The second-order valence-corrected chi connectivity index (χ2v) is 8.98. The van der Waals surface area contributed by atoms with Crippen molar-refractivity contribution in [3.05, 3.63) is 65.5 Å². The van der Waals surface area contributed by atoms with Crippen molar-refractivity contribution in [2.24, 2.45) is 0 Å². The average Bonchev–Trinajstić information content (AvgIpc) is 3.44. The molecule has 4 aromatic rings. The summed E-state index contributed by atoms with van der Waals surface area (Å²) < 4.78 is 5.63. The van der Waals surface area contributed by atoms with E-state index in [0.29, 0.717) is 11.3 Å². The largest absolute Gasteiger partial charge is 0.481 e. The Labute approximate surface area is 198 Å². The molecule has 0 aliphatic carbocycles. The molecular formula is C27H28N4O3. The summed E-state index contributed by atoms with van der Waals surface area (Å²) >= 11 is 0. The number of carboxylic acids is 1. The Morgan fingerprint density at radius 3 is 2.74 bits per heavy atom. The van der Waals surface area contributed by atoms with Crippen LogP contribution in [0.15, 0.2) is 53.1 Å². The van der Waals surface area contributed by atoms with Crippen molar-refractivity contribution in [2.45, 2.75) is 25.7 Å². The van der Waals surface area contributed by atoms with Crippen LogP contribution in [0.2, 0.25) is 0 Å². The predicted molar refractivity (Wildman–Crippen MR) is 132 cm³/mol. The van der Waals surface area contributed by atoms with Gasteiger partial charge >= 0.3 is 5.97 Å². The molecule has 1 fully saturated rings. The standard InChI is InChI=1S/C27H28N4O3/c28-17-19-4-6-25-24(13-19)20(18-29-25)3-1-2-8-30-9-11-31(12-10-30)22-5-7-26-21(14-22)15-23(34-26)16-27(32)33/h4-7,13-15,18,29H,1-3,8-12,16H2,(H,32,33). The first-order valence-electron chi connectivity index (χ1n) is 11.8. The number of piperazine rings is 1. The average molecular weight is 457 g/mol. The summed E-state index contributed by atoms with van der Waals surface area (Å²) in [6, 6.07) is 16.0. The van der Waals surface area contributed by atoms with Crippen LogP contribution in [0.25, 0.3) is 21.9 Å². The van der Waals surface area contributed by atoms with Gasteiger partial charge in [-0.3, -0.25) is 9.69 Å². The van der Waals surface area contributed by atoms with Gasteiger partial charge in [0.15, 0.2) is 0 Å². The highest BCUT2D eigenvalue weighted by molar-refractivity contribution is 5.85. The van der Waals surface area contributed by atoms with Gasteiger partial charge in [-0.1, -0.05) is 0 Å². The number of aromatic amines is 1. The number of fused-ring (bicyclic) bond motifs is 2. The van der Waals surface area contributed by atoms with Crippen LogP contribution in [-0.4, -0.2) is 53.7 Å². The number of aromatic nitrogens is 1. The summed E-state index contributed by atoms with van der Waals surface area (Å²) in [6.45, 7) is 5.12. The number of benzene rings is 2. The summed E-state index contributed by atoms with van der Waals surface area (Å²) in [5.74, 6) is -0.396. The fraction of sp³-hybridized carbons (Fsp3) is 0.333. The second-order valence-electron chi connectivity index (χ2n) is 8.98. The number of hydrogen-bond acceptors (Lipinski definition) is 5. The SMILES string of the molecule is N#Cc1ccc2[nH]cc(CCCCN3CCN(c4ccc5oc(CC(=O)O)cc5c4)CC3)c2c1. The van der Waals surface area contributed by atoms with Crippen molar-refractivity contribution in [1.29, 1.82) is 5.26 Å². The number of hydrogen-bond donors (Lipinski definition) is 2. The van der Waals surface area contributed by atoms with Gasteiger partial charge in [0.1, 0.15) is 17.8 Å². The molecular weight excluding hydrogens is 428 g/mol. The number of carboxylic acid groups (broad SMARTS) is 1. The van der Waals surface area contributed by atoms with Crippen molar-refractivity contribution < 1.29 is 14.3 Å². The molecule has 7 heteroatoms. The third-order valence-corrected chi connectivity index (χ3v) is 6.68. The number of rotatable bonds is 8. The van der Waals surface area contributed by atoms with E-state index in [1.165, 1.54) is 5.56 Å². The third-order valence-electron chi connectivity index (χ3n) is 6.68. The topological polar surface area (TPSA) is 96.5 Å². The number of nitrogens with one attached hydrogen (secondary N) is 1. The van der Waals surface area contributed by atoms with E-state index < -0.39 is 5.97 Å². The smallest absolute Gasteiger partial charge is 0.311 e. The molecule has 0 amide bonds. The number of unbranched alkanes of at least 4 members (excludes halogenated alkanes) is 1. The molecule has 1 saturated heterocycles. The van der Waals surface area contributed by atoms with Crippen molar-refractivity contribution in [3.8, 4) is 6.07 Å². The van der Waals surface area contributed by atoms with E-state index in [1.807, 2.05) is 30.3 Å². The first kappa shape index (κ1) is 22.1. The van der Waals surface area contributed by atoms with Crippen LogP contribution in [0.1, 0.15) is 29.7 Å². The molecule has 0 bridgehead atoms. The molecule has 0 saturated carbocycles. The van der Waals surface area contributed by atoms with Crippen LogP contribution in [0, 0.1) is 11.3 Å². The third kappa shape index (κ3) is 4.78. The van der Waals surface area contributed by atoms with Crippen LogP contribution < -0.4 is 4.90 Å². The summed E-state index contributed by atoms with van der Waals surface area (Å²) in [5.41, 5.74) is 4.98. The van der Waals surface area contributed by atoms with Crippen molar-refractivity contribution >= 4 is 33.5 Å². The number of aryl methyl sites for hydroxylation is 1. The predicted octanol–water partition coefficient (Wildman–Crippen LogP) is 4.56. The van der Waals surface area contributed by atoms with Crippen LogP contribution in [0.5, 0.6) is 0 Å². The monoisotopic (exact) mass is 456 g/mol. The highest BCUT2D eigenvalue weighted by Crippen LogP contribution is 2.26. The number of furan rings is 1. The maximum atomic E-state index is 10.9. The summed E-state index contributed by atoms with van der Waals surface area (Å²) in [6.07, 6.45) is 5.27. The molecule has 0 atom stereocenters. The van der Waals surface area contributed by atoms with Crippen molar-refractivity contribution in [2.75, 3.05) is 37.6 Å². The van der Waals surface area contributed by atoms with Gasteiger partial charge in [0, 0.05) is 54.4 Å². The second kappa shape index (κ2) is 9.62. The van der Waals surface area contributed by atoms with Gasteiger partial charge in [0.05, 0.1) is 11.6 Å². The van der Waals surface area contributed by atoms with E-state index in [1.54, 1.807) is 0 Å². The maximum Gasteiger partial charge on any atom is 0.311 e. The van der Waals surface area contributed by atoms with Crippen LogP contribution >= 0.6 is 0 Å². The molecule has 1 aliphatic rings. The molecule has 0 radical (unpaired) electrons. The zero-order valence-electron chi connectivity index (χ0n) is 19.1. The molecule has 1 aliphatic heterocycles. The summed E-state index contributed by atoms with van der Waals surface area (Å²) in [7, 11) is 0. The van der Waals surface area contributed by atoms with Crippen LogP contribution in [0.4, 0.5) is 5.69 Å². The number of H-pyrrole nitrogens is 1. The first-order valence-corrected chi connectivity index (χ1v) is 11.8. The Bertz CT molecular complexity index is 1360. The lowest BCUT2D eigenvalue weighted by Gasteiger charge is -2.36.